The van der Waals surface area contributed by atoms with E-state index < -0.39 is 62.4 Å². The van der Waals surface area contributed by atoms with Crippen LogP contribution in [0.25, 0.3) is 0 Å². The fraction of sp³-hybridized carbons (Fsp3) is 0.886. The summed E-state index contributed by atoms with van der Waals surface area (Å²) < 4.78 is 56.2. The predicted molar refractivity (Wildman–Crippen MR) is 186 cm³/mol. The van der Waals surface area contributed by atoms with Gasteiger partial charge < -0.3 is 34.1 Å². The minimum atomic E-state index is -4.64. The molecule has 0 heterocycles. The fourth-order valence-electron chi connectivity index (χ4n) is 5.69. The first-order valence-corrected chi connectivity index (χ1v) is 19.4. The van der Waals surface area contributed by atoms with E-state index in [0.29, 0.717) is 6.61 Å². The van der Waals surface area contributed by atoms with Crippen LogP contribution >= 0.6 is 0 Å². The number of esters is 2. The quantitative estimate of drug-likeness (QED) is 0.0493. The Morgan fingerprint density at radius 2 is 1.47 bits per heavy atom. The van der Waals surface area contributed by atoms with E-state index in [4.69, 9.17) is 18.9 Å². The molecule has 5 atom stereocenters. The summed E-state index contributed by atoms with van der Waals surface area (Å²) in [6.07, 6.45) is 5.79. The lowest BCUT2D eigenvalue weighted by molar-refractivity contribution is -0.162. The number of nitrogens with one attached hydrogen (secondary N) is 2. The summed E-state index contributed by atoms with van der Waals surface area (Å²) >= 11 is 0. The number of hydrogen-bond donors (Lipinski definition) is 2. The Hall–Kier alpha value is -2.29. The van der Waals surface area contributed by atoms with Crippen LogP contribution in [0.2, 0.25) is 0 Å². The summed E-state index contributed by atoms with van der Waals surface area (Å²) in [5.41, 5.74) is -2.75. The zero-order valence-corrected chi connectivity index (χ0v) is 32.3. The van der Waals surface area contributed by atoms with Crippen LogP contribution < -0.4 is 10.6 Å². The second-order valence-corrected chi connectivity index (χ2v) is 15.5. The van der Waals surface area contributed by atoms with Gasteiger partial charge in [0.1, 0.15) is 13.3 Å². The molecule has 0 aliphatic carbocycles. The third-order valence-electron chi connectivity index (χ3n) is 8.68. The van der Waals surface area contributed by atoms with Gasteiger partial charge in [0.05, 0.1) is 40.4 Å². The van der Waals surface area contributed by atoms with Crippen LogP contribution in [0, 0.1) is 29.1 Å². The Morgan fingerprint density at radius 1 is 0.837 bits per heavy atom. The smallest absolute Gasteiger partial charge is 0.311 e. The third kappa shape index (κ3) is 20.2. The largest absolute Gasteiger partial charge is 0.748 e. The minimum Gasteiger partial charge on any atom is -0.748 e. The monoisotopic (exact) mass is 721 g/mol. The van der Waals surface area contributed by atoms with Crippen molar-refractivity contribution in [1.29, 1.82) is 0 Å². The van der Waals surface area contributed by atoms with Gasteiger partial charge in [-0.3, -0.25) is 19.2 Å². The third-order valence-corrected chi connectivity index (χ3v) is 9.76. The van der Waals surface area contributed by atoms with Crippen molar-refractivity contribution in [2.75, 3.05) is 46.0 Å². The van der Waals surface area contributed by atoms with Gasteiger partial charge in [0, 0.05) is 31.1 Å². The summed E-state index contributed by atoms with van der Waals surface area (Å²) in [6.45, 7) is 14.9. The van der Waals surface area contributed by atoms with E-state index in [1.54, 1.807) is 20.8 Å². The first-order chi connectivity index (χ1) is 22.9. The molecule has 2 amide bonds. The van der Waals surface area contributed by atoms with Crippen molar-refractivity contribution < 1.29 is 51.1 Å². The van der Waals surface area contributed by atoms with Crippen LogP contribution in [-0.2, 0) is 48.2 Å². The maximum Gasteiger partial charge on any atom is 0.311 e. The normalized spacial score (nSPS) is 15.7. The van der Waals surface area contributed by atoms with Crippen LogP contribution in [-0.4, -0.2) is 88.3 Å². The molecule has 0 rings (SSSR count). The van der Waals surface area contributed by atoms with Gasteiger partial charge in [-0.2, -0.15) is 0 Å². The molecule has 0 aromatic rings. The highest BCUT2D eigenvalue weighted by molar-refractivity contribution is 7.85. The maximum absolute atomic E-state index is 13.8. The van der Waals surface area contributed by atoms with E-state index in [0.717, 1.165) is 38.5 Å². The van der Waals surface area contributed by atoms with Crippen molar-refractivity contribution in [2.45, 2.75) is 125 Å². The van der Waals surface area contributed by atoms with E-state index >= 15 is 0 Å². The molecule has 288 valence electrons. The maximum atomic E-state index is 13.8. The Kier molecular flexibility index (Phi) is 22.9. The van der Waals surface area contributed by atoms with Crippen molar-refractivity contribution in [3.05, 3.63) is 0 Å². The molecule has 0 aliphatic rings. The molecular formula is C35H65N2O11S-. The second-order valence-electron chi connectivity index (χ2n) is 14.1. The summed E-state index contributed by atoms with van der Waals surface area (Å²) in [7, 11) is -3.17. The molecule has 14 heteroatoms. The first kappa shape index (κ1) is 46.7. The van der Waals surface area contributed by atoms with Crippen molar-refractivity contribution in [1.82, 2.24) is 10.6 Å². The van der Waals surface area contributed by atoms with Crippen LogP contribution in [0.5, 0.6) is 0 Å². The molecule has 0 bridgehead atoms. The highest BCUT2D eigenvalue weighted by Gasteiger charge is 2.44. The molecule has 0 fully saturated rings. The van der Waals surface area contributed by atoms with Crippen LogP contribution in [0.1, 0.15) is 120 Å². The van der Waals surface area contributed by atoms with E-state index in [9.17, 15) is 32.1 Å². The van der Waals surface area contributed by atoms with E-state index in [2.05, 4.69) is 17.6 Å². The Bertz CT molecular complexity index is 1100. The summed E-state index contributed by atoms with van der Waals surface area (Å²) in [5, 5.41) is 5.39. The van der Waals surface area contributed by atoms with Crippen LogP contribution in [0.4, 0.5) is 0 Å². The van der Waals surface area contributed by atoms with Gasteiger partial charge in [-0.1, -0.05) is 60.3 Å². The molecule has 0 aliphatic heterocycles. The average molecular weight is 722 g/mol. The molecule has 0 aromatic heterocycles. The van der Waals surface area contributed by atoms with Crippen molar-refractivity contribution in [3.8, 4) is 0 Å². The number of amides is 2. The highest BCUT2D eigenvalue weighted by Crippen LogP contribution is 2.39. The van der Waals surface area contributed by atoms with Crippen molar-refractivity contribution in [3.63, 3.8) is 0 Å². The van der Waals surface area contributed by atoms with Crippen LogP contribution in [0.15, 0.2) is 0 Å². The second kappa shape index (κ2) is 24.0. The number of ether oxygens (including phenoxy) is 4. The van der Waals surface area contributed by atoms with Gasteiger partial charge >= 0.3 is 11.9 Å². The molecule has 0 radical (unpaired) electrons. The van der Waals surface area contributed by atoms with Gasteiger partial charge in [0.15, 0.2) is 0 Å². The topological polar surface area (TPSA) is 186 Å². The number of unbranched alkanes of at least 4 members (excludes halogenated alkanes) is 2. The fourth-order valence-corrected chi connectivity index (χ4v) is 6.65. The van der Waals surface area contributed by atoms with Crippen molar-refractivity contribution in [2.24, 2.45) is 29.1 Å². The molecule has 0 spiro atoms. The van der Waals surface area contributed by atoms with Gasteiger partial charge in [-0.05, 0) is 65.2 Å². The van der Waals surface area contributed by atoms with E-state index in [-0.39, 0.29) is 64.1 Å². The number of hydrogen-bond acceptors (Lipinski definition) is 11. The molecule has 13 nitrogen and oxygen atoms in total. The minimum absolute atomic E-state index is 0.0364. The number of carbonyl (C=O) groups is 4. The lowest BCUT2D eigenvalue weighted by Gasteiger charge is -2.35. The Balaban J connectivity index is 6.39. The lowest BCUT2D eigenvalue weighted by Crippen LogP contribution is -2.51. The average Bonchev–Trinajstić information content (AvgIpc) is 3.01. The van der Waals surface area contributed by atoms with Crippen LogP contribution in [0.3, 0.4) is 0 Å². The zero-order chi connectivity index (χ0) is 37.7. The number of methoxy groups -OCH3 is 1. The summed E-state index contributed by atoms with van der Waals surface area (Å²) in [5.74, 6) is -5.01. The Morgan fingerprint density at radius 3 is 2.02 bits per heavy atom. The number of carbonyl (C=O) groups excluding carboxylic acids is 4. The molecule has 0 saturated carbocycles. The molecular weight excluding hydrogens is 656 g/mol. The molecule has 0 saturated heterocycles. The van der Waals surface area contributed by atoms with E-state index in [1.807, 2.05) is 13.8 Å². The summed E-state index contributed by atoms with van der Waals surface area (Å²) in [6, 6.07) is 0. The van der Waals surface area contributed by atoms with Gasteiger partial charge in [-0.25, -0.2) is 8.42 Å². The SMILES string of the molecule is CCCCOCNC(=O)C(C)CC(CC(C)(CC(CC)C(=O)NC(C)(C)CS(=O)(=O)[O-])C(=O)OCCOC)C(=O)OCC(CC)CCCC. The molecule has 5 unspecified atom stereocenters. The van der Waals surface area contributed by atoms with Crippen molar-refractivity contribution >= 4 is 33.9 Å². The van der Waals surface area contributed by atoms with E-state index in [1.165, 1.54) is 21.0 Å². The number of rotatable bonds is 28. The molecule has 2 N–H and O–H groups in total. The lowest BCUT2D eigenvalue weighted by atomic mass is 9.72. The Labute approximate surface area is 295 Å². The predicted octanol–water partition coefficient (Wildman–Crippen LogP) is 4.72. The summed E-state index contributed by atoms with van der Waals surface area (Å²) in [4.78, 5) is 54.0. The van der Waals surface area contributed by atoms with Gasteiger partial charge in [0.2, 0.25) is 11.8 Å². The van der Waals surface area contributed by atoms with Gasteiger partial charge in [0.25, 0.3) is 0 Å². The highest BCUT2D eigenvalue weighted by atomic mass is 32.2. The standard InChI is InChI=1S/C35H66N2O11S/c1-10-14-16-27(12-3)23-48-32(40)29(20-26(5)30(38)36-25-46-17-15-11-2)22-35(8,33(41)47-19-18-45-9)21-28(13-4)31(39)37-34(6,7)24-49(42,43)44/h26-29H,10-25H2,1-9H3,(H,36,38)(H,37,39)(H,42,43,44)/p-1. The zero-order valence-electron chi connectivity index (χ0n) is 31.5. The first-order valence-electron chi connectivity index (χ1n) is 17.8. The molecule has 0 aromatic carbocycles. The molecule has 49 heavy (non-hydrogen) atoms. The van der Waals surface area contributed by atoms with Gasteiger partial charge in [-0.15, -0.1) is 0 Å².